The van der Waals surface area contributed by atoms with E-state index in [4.69, 9.17) is 0 Å². The summed E-state index contributed by atoms with van der Waals surface area (Å²) >= 11 is 0. The predicted octanol–water partition coefficient (Wildman–Crippen LogP) is 2.09. The van der Waals surface area contributed by atoms with Crippen LogP contribution in [-0.4, -0.2) is 41.3 Å². The Balaban J connectivity index is 1.53. The van der Waals surface area contributed by atoms with Crippen LogP contribution >= 0.6 is 0 Å². The molecule has 0 aliphatic carbocycles. The van der Waals surface area contributed by atoms with E-state index in [-0.39, 0.29) is 29.1 Å². The Morgan fingerprint density at radius 1 is 1.03 bits per heavy atom. The van der Waals surface area contributed by atoms with Gasteiger partial charge in [-0.05, 0) is 35.9 Å². The number of hydrogen-bond acceptors (Lipinski definition) is 3. The average Bonchev–Trinajstić information content (AvgIpc) is 3.18. The molecule has 0 bridgehead atoms. The van der Waals surface area contributed by atoms with Crippen LogP contribution in [0.1, 0.15) is 21.6 Å². The Kier molecular flexibility index (Phi) is 4.44. The second-order valence-electron chi connectivity index (χ2n) is 8.46. The number of aromatic nitrogens is 3. The van der Waals surface area contributed by atoms with Gasteiger partial charge in [0.15, 0.2) is 0 Å². The Morgan fingerprint density at radius 2 is 1.75 bits per heavy atom. The highest BCUT2D eigenvalue weighted by atomic mass is 19.1. The van der Waals surface area contributed by atoms with Gasteiger partial charge in [-0.1, -0.05) is 0 Å². The molecule has 2 aromatic carbocycles. The Morgan fingerprint density at radius 3 is 2.44 bits per heavy atom. The van der Waals surface area contributed by atoms with Gasteiger partial charge >= 0.3 is 0 Å². The third-order valence-corrected chi connectivity index (χ3v) is 6.01. The van der Waals surface area contributed by atoms with E-state index in [0.29, 0.717) is 22.2 Å². The Bertz CT molecular complexity index is 1400. The van der Waals surface area contributed by atoms with E-state index in [0.717, 1.165) is 12.1 Å². The van der Waals surface area contributed by atoms with Crippen molar-refractivity contribution < 1.29 is 18.0 Å². The normalized spacial score (nSPS) is 14.9. The maximum atomic E-state index is 15.1. The van der Waals surface area contributed by atoms with Crippen molar-refractivity contribution in [3.63, 3.8) is 0 Å². The predicted molar refractivity (Wildman–Crippen MR) is 119 cm³/mol. The maximum absolute atomic E-state index is 15.1. The summed E-state index contributed by atoms with van der Waals surface area (Å²) in [5.74, 6) is -2.66. The third-order valence-electron chi connectivity index (χ3n) is 6.01. The van der Waals surface area contributed by atoms with E-state index in [1.54, 1.807) is 51.9 Å². The number of pyridine rings is 1. The van der Waals surface area contributed by atoms with Gasteiger partial charge in [0.1, 0.15) is 33.1 Å². The van der Waals surface area contributed by atoms with E-state index in [1.807, 2.05) is 0 Å². The SMILES string of the molecule is BC1(B)c2ncccc2C(=O)N1Cc1c(F)cc(-c2cc3cn(C)nc3cc2F)cc1F. The zero-order valence-electron chi connectivity index (χ0n) is 17.7. The van der Waals surface area contributed by atoms with Crippen molar-refractivity contribution in [3.8, 4) is 11.1 Å². The minimum absolute atomic E-state index is 0.0731. The first kappa shape index (κ1) is 20.4. The highest BCUT2D eigenvalue weighted by molar-refractivity contribution is 6.42. The second-order valence-corrected chi connectivity index (χ2v) is 8.46. The molecule has 158 valence electrons. The van der Waals surface area contributed by atoms with Gasteiger partial charge in [-0.25, -0.2) is 13.2 Å². The average molecular weight is 432 g/mol. The van der Waals surface area contributed by atoms with Crippen molar-refractivity contribution in [1.29, 1.82) is 0 Å². The number of hydrogen-bond donors (Lipinski definition) is 0. The van der Waals surface area contributed by atoms with Crippen LogP contribution in [-0.2, 0) is 18.9 Å². The molecular weight excluding hydrogens is 415 g/mol. The van der Waals surface area contributed by atoms with E-state index in [9.17, 15) is 9.18 Å². The lowest BCUT2D eigenvalue weighted by atomic mass is 9.59. The van der Waals surface area contributed by atoms with Gasteiger partial charge in [-0.2, -0.15) is 5.10 Å². The van der Waals surface area contributed by atoms with Gasteiger partial charge < -0.3 is 4.90 Å². The molecule has 0 atom stereocenters. The van der Waals surface area contributed by atoms with E-state index < -0.39 is 22.8 Å². The van der Waals surface area contributed by atoms with Crippen molar-refractivity contribution in [1.82, 2.24) is 19.7 Å². The first-order valence-electron chi connectivity index (χ1n) is 10.1. The van der Waals surface area contributed by atoms with Crippen LogP contribution in [0.4, 0.5) is 13.2 Å². The van der Waals surface area contributed by atoms with Crippen LogP contribution in [0, 0.1) is 17.5 Å². The summed E-state index contributed by atoms with van der Waals surface area (Å²) in [4.78, 5) is 18.6. The van der Waals surface area contributed by atoms with Gasteiger partial charge in [0.2, 0.25) is 0 Å². The van der Waals surface area contributed by atoms with E-state index in [1.165, 1.54) is 17.0 Å². The van der Waals surface area contributed by atoms with E-state index >= 15 is 8.78 Å². The van der Waals surface area contributed by atoms with Gasteiger partial charge in [0, 0.05) is 47.4 Å². The topological polar surface area (TPSA) is 51.0 Å². The molecule has 1 amide bonds. The summed E-state index contributed by atoms with van der Waals surface area (Å²) in [5, 5.41) is 3.96. The first-order valence-corrected chi connectivity index (χ1v) is 10.1. The smallest absolute Gasteiger partial charge is 0.255 e. The lowest BCUT2D eigenvalue weighted by Gasteiger charge is -2.32. The molecule has 5 rings (SSSR count). The van der Waals surface area contributed by atoms with Crippen LogP contribution in [0.25, 0.3) is 22.0 Å². The number of nitrogens with zero attached hydrogens (tertiary/aromatic N) is 4. The summed E-state index contributed by atoms with van der Waals surface area (Å²) in [5.41, 5.74) is 1.32. The zero-order chi connectivity index (χ0) is 22.8. The molecule has 3 heterocycles. The van der Waals surface area contributed by atoms with Crippen molar-refractivity contribution in [3.05, 3.63) is 83.1 Å². The summed E-state index contributed by atoms with van der Waals surface area (Å²) in [6.07, 6.45) is 3.28. The van der Waals surface area contributed by atoms with Crippen LogP contribution in [0.5, 0.6) is 0 Å². The molecule has 1 aliphatic rings. The minimum Gasteiger partial charge on any atom is -0.339 e. The molecule has 0 saturated heterocycles. The van der Waals surface area contributed by atoms with Gasteiger partial charge in [-0.15, -0.1) is 0 Å². The highest BCUT2D eigenvalue weighted by Gasteiger charge is 2.44. The molecule has 2 aromatic heterocycles. The Hall–Kier alpha value is -3.55. The number of rotatable bonds is 3. The quantitative estimate of drug-likeness (QED) is 0.467. The molecule has 32 heavy (non-hydrogen) atoms. The number of benzene rings is 2. The summed E-state index contributed by atoms with van der Waals surface area (Å²) in [7, 11) is 5.28. The largest absolute Gasteiger partial charge is 0.339 e. The first-order chi connectivity index (χ1) is 15.2. The van der Waals surface area contributed by atoms with Crippen molar-refractivity contribution >= 4 is 32.5 Å². The molecule has 1 aliphatic heterocycles. The van der Waals surface area contributed by atoms with Crippen LogP contribution in [0.15, 0.2) is 48.8 Å². The molecule has 0 fully saturated rings. The zero-order valence-corrected chi connectivity index (χ0v) is 17.7. The number of carbonyl (C=O) groups is 1. The lowest BCUT2D eigenvalue weighted by molar-refractivity contribution is 0.0727. The van der Waals surface area contributed by atoms with Gasteiger partial charge in [-0.3, -0.25) is 14.5 Å². The minimum atomic E-state index is -0.849. The highest BCUT2D eigenvalue weighted by Crippen LogP contribution is 2.36. The summed E-state index contributed by atoms with van der Waals surface area (Å²) in [6, 6.07) is 8.25. The maximum Gasteiger partial charge on any atom is 0.255 e. The fourth-order valence-electron chi connectivity index (χ4n) is 4.32. The molecule has 10 heteroatoms. The number of aryl methyl sites for hydroxylation is 1. The van der Waals surface area contributed by atoms with Gasteiger partial charge in [0.25, 0.3) is 5.91 Å². The molecule has 0 saturated carbocycles. The molecule has 0 spiro atoms. The van der Waals surface area contributed by atoms with Crippen LogP contribution in [0.2, 0.25) is 0 Å². The molecule has 5 nitrogen and oxygen atoms in total. The Labute approximate surface area is 183 Å². The van der Waals surface area contributed by atoms with Crippen molar-refractivity contribution in [2.75, 3.05) is 0 Å². The number of amides is 1. The monoisotopic (exact) mass is 432 g/mol. The van der Waals surface area contributed by atoms with Gasteiger partial charge in [0.05, 0.1) is 23.3 Å². The van der Waals surface area contributed by atoms with E-state index in [2.05, 4.69) is 10.1 Å². The lowest BCUT2D eigenvalue weighted by Crippen LogP contribution is -2.45. The molecular formula is C22H17B2F3N4O. The molecule has 4 aromatic rings. The molecule has 0 N–H and O–H groups in total. The van der Waals surface area contributed by atoms with Crippen LogP contribution in [0.3, 0.4) is 0 Å². The van der Waals surface area contributed by atoms with Crippen LogP contribution < -0.4 is 0 Å². The molecule has 0 radical (unpaired) electrons. The summed E-state index contributed by atoms with van der Waals surface area (Å²) < 4.78 is 46.3. The third kappa shape index (κ3) is 3.01. The van der Waals surface area contributed by atoms with Crippen molar-refractivity contribution in [2.45, 2.75) is 11.9 Å². The number of halogens is 3. The fraction of sp³-hybridized carbons (Fsp3) is 0.136. The van der Waals surface area contributed by atoms with Crippen molar-refractivity contribution in [2.24, 2.45) is 7.05 Å². The second kappa shape index (κ2) is 6.98. The fourth-order valence-corrected chi connectivity index (χ4v) is 4.32. The standard InChI is InChI=1S/C22H17B2F3N4O/c1-30-9-12-5-14(18(27)8-19(12)29-30)11-6-16(25)15(17(26)7-11)10-31-21(32)13-3-2-4-28-20(13)22(31,23)24/h2-9H,10,23-24H2,1H3. The summed E-state index contributed by atoms with van der Waals surface area (Å²) in [6.45, 7) is -0.274. The number of carbonyl (C=O) groups excluding carboxylic acids is 1. The molecule has 0 unspecified atom stereocenters. The number of fused-ring (bicyclic) bond motifs is 2.